The number of hydrogen-bond acceptors (Lipinski definition) is 11. The summed E-state index contributed by atoms with van der Waals surface area (Å²) in [7, 11) is 1.51. The van der Waals surface area contributed by atoms with Crippen molar-refractivity contribution in [3.63, 3.8) is 0 Å². The second-order valence-electron chi connectivity index (χ2n) is 18.2. The number of carbonyl (C=O) groups excluding carboxylic acids is 4. The molecule has 6 fully saturated rings. The Morgan fingerprint density at radius 1 is 1.02 bits per heavy atom. The molecule has 63 heavy (non-hydrogen) atoms. The van der Waals surface area contributed by atoms with Crippen LogP contribution in [0.15, 0.2) is 42.9 Å². The van der Waals surface area contributed by atoms with Crippen LogP contribution in [0.2, 0.25) is 0 Å². The minimum Gasteiger partial charge on any atom is -0.495 e. The Kier molecular flexibility index (Phi) is 11.0. The number of likely N-dealkylation sites (tertiary alicyclic amines) is 2. The van der Waals surface area contributed by atoms with E-state index in [1.807, 2.05) is 11.0 Å². The molecular formula is C44H53F2N11O6. The molecular weight excluding hydrogens is 817 g/mol. The number of imide groups is 1. The summed E-state index contributed by atoms with van der Waals surface area (Å²) < 4.78 is 43.0. The number of carbonyl (C=O) groups is 4. The third-order valence-electron chi connectivity index (χ3n) is 14.5. The fraction of sp³-hybridized carbons (Fsp3) is 0.568. The summed E-state index contributed by atoms with van der Waals surface area (Å²) in [5, 5.41) is 13.6. The summed E-state index contributed by atoms with van der Waals surface area (Å²) in [5.41, 5.74) is 1.27. The quantitative estimate of drug-likeness (QED) is 0.212. The molecule has 10 rings (SSSR count). The highest BCUT2D eigenvalue weighted by atomic mass is 19.3. The zero-order valence-electron chi connectivity index (χ0n) is 35.4. The molecule has 2 N–H and O–H groups in total. The largest absolute Gasteiger partial charge is 0.495 e. The number of amides is 5. The first kappa shape index (κ1) is 41.3. The second-order valence-corrected chi connectivity index (χ2v) is 18.2. The Morgan fingerprint density at radius 3 is 2.51 bits per heavy atom. The maximum atomic E-state index is 14.3. The minimum absolute atomic E-state index is 0.00822. The van der Waals surface area contributed by atoms with Gasteiger partial charge in [-0.3, -0.25) is 29.3 Å². The fourth-order valence-electron chi connectivity index (χ4n) is 10.8. The molecule has 19 heteroatoms. The van der Waals surface area contributed by atoms with Crippen LogP contribution < -0.4 is 25.2 Å². The number of urea groups is 1. The number of aromatic nitrogens is 5. The maximum Gasteiger partial charge on any atom is 0.328 e. The number of piperidine rings is 2. The molecule has 8 heterocycles. The molecule has 5 amide bonds. The SMILES string of the molecule is COc1ccc(C(=O)N2CCC3(CCC(CN4CCC(n5cc(NC(=O)c6cnn7ccc(N8C[C@H]9C[C@@H]8CO9)nc67)c(C(F)F)n5)CC4)CC3)CC2)cc1N1CCC(=O)NC1=O. The van der Waals surface area contributed by atoms with Crippen LogP contribution >= 0.6 is 0 Å². The van der Waals surface area contributed by atoms with Gasteiger partial charge >= 0.3 is 6.03 Å². The lowest BCUT2D eigenvalue weighted by Gasteiger charge is -2.47. The molecule has 5 aliphatic heterocycles. The smallest absolute Gasteiger partial charge is 0.328 e. The van der Waals surface area contributed by atoms with E-state index >= 15 is 0 Å². The van der Waals surface area contributed by atoms with Gasteiger partial charge in [0.25, 0.3) is 18.2 Å². The van der Waals surface area contributed by atoms with Crippen LogP contribution in [0.5, 0.6) is 5.75 Å². The maximum absolute atomic E-state index is 14.3. The topological polar surface area (TPSA) is 172 Å². The molecule has 5 saturated heterocycles. The van der Waals surface area contributed by atoms with E-state index in [2.05, 4.69) is 30.6 Å². The summed E-state index contributed by atoms with van der Waals surface area (Å²) in [4.78, 5) is 64.3. The van der Waals surface area contributed by atoms with Crippen LogP contribution in [0.25, 0.3) is 5.65 Å². The predicted molar refractivity (Wildman–Crippen MR) is 226 cm³/mol. The molecule has 17 nitrogen and oxygen atoms in total. The van der Waals surface area contributed by atoms with Crippen LogP contribution in [0.4, 0.5) is 30.8 Å². The van der Waals surface area contributed by atoms with Crippen molar-refractivity contribution < 1.29 is 37.4 Å². The average molecular weight is 870 g/mol. The van der Waals surface area contributed by atoms with Gasteiger partial charge in [-0.1, -0.05) is 0 Å². The number of rotatable bonds is 10. The summed E-state index contributed by atoms with van der Waals surface area (Å²) >= 11 is 0. The van der Waals surface area contributed by atoms with E-state index < -0.39 is 24.1 Å². The summed E-state index contributed by atoms with van der Waals surface area (Å²) in [5.74, 6) is 0.800. The van der Waals surface area contributed by atoms with Gasteiger partial charge in [0, 0.05) is 70.2 Å². The van der Waals surface area contributed by atoms with E-state index in [0.29, 0.717) is 48.3 Å². The van der Waals surface area contributed by atoms with E-state index in [1.165, 1.54) is 22.7 Å². The highest BCUT2D eigenvalue weighted by Gasteiger charge is 2.41. The van der Waals surface area contributed by atoms with Crippen molar-refractivity contribution in [1.29, 1.82) is 0 Å². The van der Waals surface area contributed by atoms with Crippen molar-refractivity contribution in [1.82, 2.24) is 39.5 Å². The number of fused-ring (bicyclic) bond motifs is 3. The van der Waals surface area contributed by atoms with Crippen molar-refractivity contribution in [3.8, 4) is 5.75 Å². The number of methoxy groups -OCH3 is 1. The lowest BCUT2D eigenvalue weighted by atomic mass is 9.65. The molecule has 6 aliphatic rings. The highest BCUT2D eigenvalue weighted by molar-refractivity contribution is 6.09. The van der Waals surface area contributed by atoms with E-state index in [0.717, 1.165) is 89.8 Å². The van der Waals surface area contributed by atoms with Gasteiger partial charge in [-0.2, -0.15) is 10.2 Å². The molecule has 1 spiro atoms. The van der Waals surface area contributed by atoms with Crippen LogP contribution in [0.1, 0.15) is 103 Å². The number of benzene rings is 1. The Morgan fingerprint density at radius 2 is 1.81 bits per heavy atom. The molecule has 1 saturated carbocycles. The summed E-state index contributed by atoms with van der Waals surface area (Å²) in [6, 6.07) is 6.64. The third kappa shape index (κ3) is 8.09. The third-order valence-corrected chi connectivity index (χ3v) is 14.5. The Hall–Kier alpha value is -5.69. The number of alkyl halides is 2. The number of nitrogens with zero attached hydrogens (tertiary/aromatic N) is 9. The normalized spacial score (nSPS) is 23.3. The molecule has 2 bridgehead atoms. The highest BCUT2D eigenvalue weighted by Crippen LogP contribution is 2.47. The predicted octanol–water partition coefficient (Wildman–Crippen LogP) is 5.30. The number of halogens is 2. The Bertz CT molecular complexity index is 2400. The van der Waals surface area contributed by atoms with Gasteiger partial charge in [0.15, 0.2) is 11.3 Å². The van der Waals surface area contributed by atoms with E-state index in [-0.39, 0.29) is 59.6 Å². The zero-order chi connectivity index (χ0) is 43.4. The lowest BCUT2D eigenvalue weighted by Crippen LogP contribution is -2.49. The first-order valence-corrected chi connectivity index (χ1v) is 22.3. The van der Waals surface area contributed by atoms with Crippen molar-refractivity contribution in [3.05, 3.63) is 59.7 Å². The van der Waals surface area contributed by atoms with Crippen LogP contribution in [-0.4, -0.2) is 130 Å². The molecule has 1 aromatic carbocycles. The number of morpholine rings is 1. The molecule has 0 unspecified atom stereocenters. The van der Waals surface area contributed by atoms with E-state index in [9.17, 15) is 28.0 Å². The van der Waals surface area contributed by atoms with Crippen LogP contribution in [-0.2, 0) is 9.53 Å². The van der Waals surface area contributed by atoms with Gasteiger partial charge in [-0.25, -0.2) is 23.1 Å². The first-order chi connectivity index (χ1) is 30.5. The monoisotopic (exact) mass is 869 g/mol. The number of anilines is 3. The van der Waals surface area contributed by atoms with Crippen LogP contribution in [0.3, 0.4) is 0 Å². The summed E-state index contributed by atoms with van der Waals surface area (Å²) in [6.45, 7) is 5.63. The Balaban J connectivity index is 0.702. The number of ether oxygens (including phenoxy) is 2. The number of nitrogens with one attached hydrogen (secondary N) is 2. The van der Waals surface area contributed by atoms with Gasteiger partial charge < -0.3 is 29.5 Å². The second kappa shape index (κ2) is 16.8. The summed E-state index contributed by atoms with van der Waals surface area (Å²) in [6.07, 6.45) is 11.1. The average Bonchev–Trinajstić information content (AvgIpc) is 4.12. The van der Waals surface area contributed by atoms with Gasteiger partial charge in [-0.05, 0) is 93.4 Å². The van der Waals surface area contributed by atoms with E-state index in [1.54, 1.807) is 35.3 Å². The molecule has 1 aliphatic carbocycles. The Labute approximate surface area is 363 Å². The molecule has 334 valence electrons. The van der Waals surface area contributed by atoms with Gasteiger partial charge in [0.2, 0.25) is 5.91 Å². The molecule has 0 radical (unpaired) electrons. The number of hydrogen-bond donors (Lipinski definition) is 2. The molecule has 3 aromatic heterocycles. The van der Waals surface area contributed by atoms with Crippen LogP contribution in [0, 0.1) is 11.3 Å². The van der Waals surface area contributed by atoms with Crippen molar-refractivity contribution >= 4 is 46.6 Å². The van der Waals surface area contributed by atoms with Gasteiger partial charge in [-0.15, -0.1) is 0 Å². The van der Waals surface area contributed by atoms with Gasteiger partial charge in [0.1, 0.15) is 17.1 Å². The van der Waals surface area contributed by atoms with Crippen molar-refractivity contribution in [2.24, 2.45) is 11.3 Å². The van der Waals surface area contributed by atoms with Crippen molar-refractivity contribution in [2.75, 3.05) is 74.6 Å². The molecule has 4 aromatic rings. The van der Waals surface area contributed by atoms with Gasteiger partial charge in [0.05, 0.1) is 49.5 Å². The minimum atomic E-state index is -2.86. The van der Waals surface area contributed by atoms with E-state index in [4.69, 9.17) is 14.5 Å². The first-order valence-electron chi connectivity index (χ1n) is 22.3. The lowest BCUT2D eigenvalue weighted by molar-refractivity contribution is -0.120. The fourth-order valence-corrected chi connectivity index (χ4v) is 10.8. The van der Waals surface area contributed by atoms with Crippen molar-refractivity contribution in [2.45, 2.75) is 88.8 Å². The zero-order valence-corrected chi connectivity index (χ0v) is 35.4. The standard InChI is InChI=1S/C44H53F2N11O6/c1-62-35-3-2-28(20-34(35)54-16-9-37(58)50-43(54)61)42(60)53-18-12-44(13-19-53)10-4-27(5-11-44)23-52-14-6-29(7-15-52)57-25-33(38(51-57)39(45)46)48-41(59)32-22-47-56-17-8-36(49-40(32)56)55-24-31-21-30(55)26-63-31/h2-3,8,17,20,22,25,27,29-31,39H,4-7,9-16,18-19,21,23-24,26H2,1H3,(H,48,59)(H,50,58,61)/t30-,31-/m1/s1. The molecule has 2 atom stereocenters.